The molecule has 0 heterocycles. The van der Waals surface area contributed by atoms with E-state index in [0.29, 0.717) is 0 Å². The monoisotopic (exact) mass is 229 g/mol. The van der Waals surface area contributed by atoms with Crippen LogP contribution in [-0.4, -0.2) is 0 Å². The highest BCUT2D eigenvalue weighted by Crippen LogP contribution is 2.26. The Morgan fingerprint density at radius 1 is 1.18 bits per heavy atom. The molecule has 0 saturated carbocycles. The first-order valence-electron chi connectivity index (χ1n) is 6.49. The van der Waals surface area contributed by atoms with E-state index in [0.717, 1.165) is 24.8 Å². The third-order valence-electron chi connectivity index (χ3n) is 3.18. The molecule has 0 saturated heterocycles. The van der Waals surface area contributed by atoms with Gasteiger partial charge in [0.05, 0.1) is 12.0 Å². The number of hydrogen-bond acceptors (Lipinski definition) is 1. The summed E-state index contributed by atoms with van der Waals surface area (Å²) in [6.45, 7) is 8.79. The maximum absolute atomic E-state index is 9.19. The molecular formula is C16H23N. The van der Waals surface area contributed by atoms with Gasteiger partial charge in [-0.3, -0.25) is 0 Å². The Bertz CT molecular complexity index is 375. The lowest BCUT2D eigenvalue weighted by atomic mass is 9.85. The minimum absolute atomic E-state index is 0.0592. The van der Waals surface area contributed by atoms with Gasteiger partial charge in [0.2, 0.25) is 0 Å². The van der Waals surface area contributed by atoms with Crippen LogP contribution in [0.2, 0.25) is 0 Å². The Labute approximate surface area is 105 Å². The van der Waals surface area contributed by atoms with Crippen molar-refractivity contribution in [3.63, 3.8) is 0 Å². The van der Waals surface area contributed by atoms with Gasteiger partial charge in [-0.25, -0.2) is 0 Å². The number of benzene rings is 1. The zero-order valence-corrected chi connectivity index (χ0v) is 11.5. The van der Waals surface area contributed by atoms with Crippen molar-refractivity contribution in [1.29, 1.82) is 5.26 Å². The van der Waals surface area contributed by atoms with Crippen molar-refractivity contribution >= 4 is 0 Å². The molecule has 0 aliphatic heterocycles. The summed E-state index contributed by atoms with van der Waals surface area (Å²) >= 11 is 0. The van der Waals surface area contributed by atoms with E-state index in [4.69, 9.17) is 0 Å². The predicted octanol–water partition coefficient (Wildman–Crippen LogP) is 4.78. The van der Waals surface area contributed by atoms with Crippen LogP contribution in [0.3, 0.4) is 0 Å². The molecule has 1 aromatic rings. The third kappa shape index (κ3) is 3.89. The molecule has 0 spiro atoms. The number of rotatable bonds is 4. The van der Waals surface area contributed by atoms with Gasteiger partial charge in [0.1, 0.15) is 0 Å². The average molecular weight is 229 g/mol. The lowest BCUT2D eigenvalue weighted by Crippen LogP contribution is -2.11. The van der Waals surface area contributed by atoms with E-state index in [1.165, 1.54) is 5.56 Å². The maximum Gasteiger partial charge on any atom is 0.0712 e. The van der Waals surface area contributed by atoms with Crippen molar-refractivity contribution in [3.8, 4) is 6.07 Å². The lowest BCUT2D eigenvalue weighted by Gasteiger charge is -2.19. The fourth-order valence-corrected chi connectivity index (χ4v) is 1.93. The second kappa shape index (κ2) is 5.87. The predicted molar refractivity (Wildman–Crippen MR) is 73.0 cm³/mol. The van der Waals surface area contributed by atoms with E-state index in [1.54, 1.807) is 0 Å². The average Bonchev–Trinajstić information content (AvgIpc) is 2.29. The molecule has 0 aliphatic carbocycles. The first-order chi connectivity index (χ1) is 7.99. The molecule has 0 aliphatic rings. The summed E-state index contributed by atoms with van der Waals surface area (Å²) < 4.78 is 0. The highest BCUT2D eigenvalue weighted by molar-refractivity contribution is 5.31. The minimum Gasteiger partial charge on any atom is -0.198 e. The molecule has 1 heteroatoms. The van der Waals surface area contributed by atoms with Gasteiger partial charge in [-0.1, -0.05) is 64.8 Å². The zero-order chi connectivity index (χ0) is 12.9. The van der Waals surface area contributed by atoms with Crippen LogP contribution in [0.1, 0.15) is 64.0 Å². The molecule has 1 nitrogen and oxygen atoms in total. The number of unbranched alkanes of at least 4 members (excludes halogenated alkanes) is 1. The van der Waals surface area contributed by atoms with E-state index in [-0.39, 0.29) is 11.3 Å². The van der Waals surface area contributed by atoms with Crippen LogP contribution in [0.5, 0.6) is 0 Å². The third-order valence-corrected chi connectivity index (χ3v) is 3.18. The van der Waals surface area contributed by atoms with Crippen LogP contribution in [-0.2, 0) is 5.41 Å². The maximum atomic E-state index is 9.19. The Hall–Kier alpha value is -1.29. The molecule has 0 bridgehead atoms. The second-order valence-electron chi connectivity index (χ2n) is 5.70. The van der Waals surface area contributed by atoms with Gasteiger partial charge in [-0.2, -0.15) is 5.26 Å². The van der Waals surface area contributed by atoms with Crippen molar-refractivity contribution < 1.29 is 0 Å². The van der Waals surface area contributed by atoms with Crippen LogP contribution >= 0.6 is 0 Å². The highest BCUT2D eigenvalue weighted by Gasteiger charge is 2.15. The Morgan fingerprint density at radius 3 is 2.18 bits per heavy atom. The molecule has 0 N–H and O–H groups in total. The van der Waals surface area contributed by atoms with Crippen molar-refractivity contribution in [1.82, 2.24) is 0 Å². The molecule has 92 valence electrons. The Balaban J connectivity index is 2.83. The topological polar surface area (TPSA) is 23.8 Å². The summed E-state index contributed by atoms with van der Waals surface area (Å²) in [5.74, 6) is 0.0592. The Kier molecular flexibility index (Phi) is 4.75. The lowest BCUT2D eigenvalue weighted by molar-refractivity contribution is 0.589. The molecule has 0 fully saturated rings. The molecule has 1 unspecified atom stereocenters. The SMILES string of the molecule is CCCCC(C#N)c1ccc(C(C)(C)C)cc1. The van der Waals surface area contributed by atoms with Gasteiger partial charge >= 0.3 is 0 Å². The molecule has 0 amide bonds. The van der Waals surface area contributed by atoms with Gasteiger partial charge in [-0.15, -0.1) is 0 Å². The van der Waals surface area contributed by atoms with Gasteiger partial charge in [0.25, 0.3) is 0 Å². The molecule has 17 heavy (non-hydrogen) atoms. The minimum atomic E-state index is 0.0592. The van der Waals surface area contributed by atoms with Crippen LogP contribution in [0.15, 0.2) is 24.3 Å². The standard InChI is InChI=1S/C16H23N/c1-5-6-7-14(12-17)13-8-10-15(11-9-13)16(2,3)4/h8-11,14H,5-7H2,1-4H3. The van der Waals surface area contributed by atoms with Crippen molar-refractivity contribution in [3.05, 3.63) is 35.4 Å². The molecular weight excluding hydrogens is 206 g/mol. The van der Waals surface area contributed by atoms with Crippen molar-refractivity contribution in [2.75, 3.05) is 0 Å². The van der Waals surface area contributed by atoms with Crippen LogP contribution in [0.25, 0.3) is 0 Å². The summed E-state index contributed by atoms with van der Waals surface area (Å²) in [6.07, 6.45) is 3.25. The first kappa shape index (κ1) is 13.8. The van der Waals surface area contributed by atoms with Crippen LogP contribution in [0.4, 0.5) is 0 Å². The fraction of sp³-hybridized carbons (Fsp3) is 0.562. The molecule has 1 aromatic carbocycles. The number of hydrogen-bond donors (Lipinski definition) is 0. The van der Waals surface area contributed by atoms with Gasteiger partial charge in [0, 0.05) is 0 Å². The van der Waals surface area contributed by atoms with E-state index in [2.05, 4.69) is 58.0 Å². The Morgan fingerprint density at radius 2 is 1.76 bits per heavy atom. The van der Waals surface area contributed by atoms with E-state index >= 15 is 0 Å². The summed E-state index contributed by atoms with van der Waals surface area (Å²) in [7, 11) is 0. The smallest absolute Gasteiger partial charge is 0.0712 e. The van der Waals surface area contributed by atoms with Gasteiger partial charge in [0.15, 0.2) is 0 Å². The quantitative estimate of drug-likeness (QED) is 0.728. The zero-order valence-electron chi connectivity index (χ0n) is 11.5. The second-order valence-corrected chi connectivity index (χ2v) is 5.70. The molecule has 1 rings (SSSR count). The summed E-state index contributed by atoms with van der Waals surface area (Å²) in [6, 6.07) is 11.0. The van der Waals surface area contributed by atoms with E-state index in [1.807, 2.05) is 0 Å². The van der Waals surface area contributed by atoms with Gasteiger partial charge < -0.3 is 0 Å². The summed E-state index contributed by atoms with van der Waals surface area (Å²) in [5, 5.41) is 9.19. The van der Waals surface area contributed by atoms with E-state index in [9.17, 15) is 5.26 Å². The van der Waals surface area contributed by atoms with Gasteiger partial charge in [-0.05, 0) is 23.0 Å². The summed E-state index contributed by atoms with van der Waals surface area (Å²) in [4.78, 5) is 0. The molecule has 1 atom stereocenters. The highest BCUT2D eigenvalue weighted by atomic mass is 14.3. The largest absolute Gasteiger partial charge is 0.198 e. The first-order valence-corrected chi connectivity index (χ1v) is 6.49. The number of nitriles is 1. The fourth-order valence-electron chi connectivity index (χ4n) is 1.93. The molecule has 0 radical (unpaired) electrons. The molecule has 0 aromatic heterocycles. The number of nitrogens with zero attached hydrogens (tertiary/aromatic N) is 1. The summed E-state index contributed by atoms with van der Waals surface area (Å²) in [5.41, 5.74) is 2.67. The van der Waals surface area contributed by atoms with Crippen molar-refractivity contribution in [2.24, 2.45) is 0 Å². The van der Waals surface area contributed by atoms with Crippen LogP contribution in [0, 0.1) is 11.3 Å². The normalized spacial score (nSPS) is 13.1. The van der Waals surface area contributed by atoms with E-state index < -0.39 is 0 Å². The van der Waals surface area contributed by atoms with Crippen LogP contribution < -0.4 is 0 Å². The van der Waals surface area contributed by atoms with Crippen molar-refractivity contribution in [2.45, 2.75) is 58.3 Å².